The van der Waals surface area contributed by atoms with E-state index < -0.39 is 44.7 Å². The molecular formula is C16H17F5OPS3+. The Morgan fingerprint density at radius 1 is 1.15 bits per heavy atom. The van der Waals surface area contributed by atoms with Crippen LogP contribution in [0, 0.1) is 35.0 Å². The van der Waals surface area contributed by atoms with Gasteiger partial charge in [-0.1, -0.05) is 12.2 Å². The highest BCUT2D eigenvalue weighted by atomic mass is 33.2. The molecule has 0 aromatic heterocycles. The molecule has 0 saturated heterocycles. The summed E-state index contributed by atoms with van der Waals surface area (Å²) in [5, 5.41) is 8.61. The van der Waals surface area contributed by atoms with Crippen molar-refractivity contribution in [2.75, 3.05) is 0 Å². The van der Waals surface area contributed by atoms with Crippen molar-refractivity contribution in [2.24, 2.45) is 5.92 Å². The third-order valence-corrected chi connectivity index (χ3v) is 11.4. The molecule has 0 radical (unpaired) electrons. The summed E-state index contributed by atoms with van der Waals surface area (Å²) < 4.78 is 67.4. The predicted octanol–water partition coefficient (Wildman–Crippen LogP) is 6.48. The van der Waals surface area contributed by atoms with Gasteiger partial charge in [0.05, 0.1) is 10.9 Å². The first kappa shape index (κ1) is 22.1. The van der Waals surface area contributed by atoms with Gasteiger partial charge < -0.3 is 5.11 Å². The number of hydrogen-bond donors (Lipinski definition) is 1. The summed E-state index contributed by atoms with van der Waals surface area (Å²) in [5.74, 6) is -9.71. The molecule has 1 nitrogen and oxygen atoms in total. The summed E-state index contributed by atoms with van der Waals surface area (Å²) >= 11 is 6.84. The van der Waals surface area contributed by atoms with Gasteiger partial charge in [-0.25, -0.2) is 22.0 Å². The van der Waals surface area contributed by atoms with Crippen molar-refractivity contribution in [1.82, 2.24) is 0 Å². The van der Waals surface area contributed by atoms with Gasteiger partial charge in [0, 0.05) is 0 Å². The lowest BCUT2D eigenvalue weighted by Crippen LogP contribution is -2.42. The molecule has 0 heterocycles. The third kappa shape index (κ3) is 4.61. The fourth-order valence-electron chi connectivity index (χ4n) is 2.73. The van der Waals surface area contributed by atoms with E-state index in [2.05, 4.69) is 6.58 Å². The van der Waals surface area contributed by atoms with Crippen LogP contribution in [-0.4, -0.2) is 16.0 Å². The third-order valence-electron chi connectivity index (χ3n) is 4.44. The van der Waals surface area contributed by atoms with Gasteiger partial charge in [0.15, 0.2) is 35.1 Å². The largest absolute Gasteiger partial charge is 0.389 e. The van der Waals surface area contributed by atoms with Gasteiger partial charge in [-0.3, -0.25) is 0 Å². The maximum atomic E-state index is 13.8. The molecule has 144 valence electrons. The first-order valence-corrected chi connectivity index (χ1v) is 12.9. The van der Waals surface area contributed by atoms with Crippen LogP contribution >= 0.6 is 27.9 Å². The molecule has 1 fully saturated rings. The van der Waals surface area contributed by atoms with E-state index in [0.29, 0.717) is 24.2 Å². The molecule has 26 heavy (non-hydrogen) atoms. The smallest absolute Gasteiger partial charge is 0.322 e. The van der Waals surface area contributed by atoms with Crippen LogP contribution in [0.5, 0.6) is 0 Å². The van der Waals surface area contributed by atoms with E-state index in [0.717, 1.165) is 23.4 Å². The Labute approximate surface area is 162 Å². The second-order valence-electron chi connectivity index (χ2n) is 6.48. The fourth-order valence-corrected chi connectivity index (χ4v) is 10.3. The first-order valence-electron chi connectivity index (χ1n) is 7.67. The molecule has 1 saturated carbocycles. The van der Waals surface area contributed by atoms with Crippen LogP contribution in [-0.2, 0) is 11.8 Å². The minimum Gasteiger partial charge on any atom is -0.389 e. The summed E-state index contributed by atoms with van der Waals surface area (Å²) in [6, 6.07) is 0. The van der Waals surface area contributed by atoms with Crippen molar-refractivity contribution >= 4 is 39.7 Å². The highest BCUT2D eigenvalue weighted by Crippen LogP contribution is 2.60. The Morgan fingerprint density at radius 2 is 1.65 bits per heavy atom. The van der Waals surface area contributed by atoms with Gasteiger partial charge in [0.2, 0.25) is 5.82 Å². The van der Waals surface area contributed by atoms with E-state index in [4.69, 9.17) is 11.8 Å². The molecule has 0 amide bonds. The lowest BCUT2D eigenvalue weighted by Gasteiger charge is -2.38. The zero-order chi connectivity index (χ0) is 19.8. The van der Waals surface area contributed by atoms with Gasteiger partial charge >= 0.3 is 5.10 Å². The molecule has 1 aromatic carbocycles. The lowest BCUT2D eigenvalue weighted by molar-refractivity contribution is 0.0198. The normalized spacial score (nSPS) is 26.7. The van der Waals surface area contributed by atoms with Crippen LogP contribution in [0.15, 0.2) is 17.0 Å². The SMILES string of the molecule is C=C(C)[C@H]1CC[C@@](C)(O)[C@H](S[P+](=S)Sc2c(F)c(F)c(F)c(F)c2F)C1. The maximum Gasteiger partial charge on any atom is 0.322 e. The minimum atomic E-state index is -2.19. The number of hydrogen-bond acceptors (Lipinski definition) is 4. The minimum absolute atomic E-state index is 0.199. The molecule has 1 aliphatic rings. The van der Waals surface area contributed by atoms with E-state index in [9.17, 15) is 27.1 Å². The van der Waals surface area contributed by atoms with Crippen molar-refractivity contribution in [3.63, 3.8) is 0 Å². The fraction of sp³-hybridized carbons (Fsp3) is 0.500. The van der Waals surface area contributed by atoms with Crippen molar-refractivity contribution in [2.45, 2.75) is 48.9 Å². The van der Waals surface area contributed by atoms with E-state index in [1.54, 1.807) is 6.92 Å². The Balaban J connectivity index is 2.19. The molecule has 4 atom stereocenters. The maximum absolute atomic E-state index is 13.8. The Morgan fingerprint density at radius 3 is 2.15 bits per heavy atom. The van der Waals surface area contributed by atoms with Crippen molar-refractivity contribution in [1.29, 1.82) is 0 Å². The van der Waals surface area contributed by atoms with Gasteiger partial charge in [-0.05, 0) is 39.0 Å². The second kappa shape index (κ2) is 8.43. The van der Waals surface area contributed by atoms with Crippen LogP contribution in [0.25, 0.3) is 0 Å². The van der Waals surface area contributed by atoms with Crippen LogP contribution in [0.4, 0.5) is 22.0 Å². The molecule has 0 spiro atoms. The summed E-state index contributed by atoms with van der Waals surface area (Å²) in [6.45, 7) is 7.49. The average molecular weight is 447 g/mol. The Hall–Kier alpha value is -0.210. The average Bonchev–Trinajstić information content (AvgIpc) is 2.56. The number of rotatable bonds is 5. The predicted molar refractivity (Wildman–Crippen MR) is 101 cm³/mol. The molecule has 2 rings (SSSR count). The van der Waals surface area contributed by atoms with E-state index >= 15 is 0 Å². The molecule has 10 heteroatoms. The highest BCUT2D eigenvalue weighted by molar-refractivity contribution is 8.94. The quantitative estimate of drug-likeness (QED) is 0.183. The van der Waals surface area contributed by atoms with Gasteiger partial charge in [0.25, 0.3) is 0 Å². The lowest BCUT2D eigenvalue weighted by atomic mass is 9.77. The van der Waals surface area contributed by atoms with E-state index in [1.165, 1.54) is 0 Å². The summed E-state index contributed by atoms with van der Waals surface area (Å²) in [7, 11) is 0. The zero-order valence-electron chi connectivity index (χ0n) is 14.0. The van der Waals surface area contributed by atoms with Gasteiger partial charge in [-0.2, -0.15) is 0 Å². The monoisotopic (exact) mass is 447 g/mol. The topological polar surface area (TPSA) is 20.2 Å². The van der Waals surface area contributed by atoms with Crippen molar-refractivity contribution in [3.05, 3.63) is 41.2 Å². The van der Waals surface area contributed by atoms with E-state index in [-0.39, 0.29) is 11.2 Å². The van der Waals surface area contributed by atoms with Gasteiger partial charge in [-0.15, -0.1) is 0 Å². The Kier molecular flexibility index (Phi) is 7.16. The summed E-state index contributed by atoms with van der Waals surface area (Å²) in [4.78, 5) is -0.970. The second-order valence-corrected chi connectivity index (χ2v) is 14.8. The van der Waals surface area contributed by atoms with Crippen LogP contribution in [0.3, 0.4) is 0 Å². The van der Waals surface area contributed by atoms with Crippen molar-refractivity contribution < 1.29 is 27.1 Å². The first-order chi connectivity index (χ1) is 12.0. The number of benzene rings is 1. The Bertz CT molecular complexity index is 727. The molecule has 1 N–H and O–H groups in total. The van der Waals surface area contributed by atoms with Crippen LogP contribution in [0.2, 0.25) is 0 Å². The molecule has 1 aliphatic carbocycles. The van der Waals surface area contributed by atoms with E-state index in [1.807, 2.05) is 6.92 Å². The van der Waals surface area contributed by atoms with Gasteiger partial charge in [0.1, 0.15) is 27.7 Å². The molecule has 1 unspecified atom stereocenters. The summed E-state index contributed by atoms with van der Waals surface area (Å²) in [6.07, 6.45) is 1.90. The number of halogens is 5. The molecule has 0 aliphatic heterocycles. The molecule has 1 aromatic rings. The standard InChI is InChI=1S/C16H17F5OPS3/c1-7(2)8-4-5-16(3,22)9(6-8)25-23(24)26-15-13(20)11(18)10(17)12(19)14(15)21/h8-9,22H,1,4-6H2,2-3H3/q+1/t8-,9+,16+/m0/s1. The number of allylic oxidation sites excluding steroid dienone is 1. The summed E-state index contributed by atoms with van der Waals surface area (Å²) in [5.41, 5.74) is -0.0420. The zero-order valence-corrected chi connectivity index (χ0v) is 17.3. The highest BCUT2D eigenvalue weighted by Gasteiger charge is 2.44. The molecular weight excluding hydrogens is 430 g/mol. The van der Waals surface area contributed by atoms with Crippen LogP contribution < -0.4 is 0 Å². The molecule has 0 bridgehead atoms. The van der Waals surface area contributed by atoms with Crippen molar-refractivity contribution in [3.8, 4) is 0 Å². The number of aliphatic hydroxyl groups is 1. The van der Waals surface area contributed by atoms with Crippen LogP contribution in [0.1, 0.15) is 33.1 Å².